The molecule has 4 aromatic rings. The molecule has 9 heteroatoms. The summed E-state index contributed by atoms with van der Waals surface area (Å²) in [6.45, 7) is 2.30. The number of thiazole rings is 1. The molecule has 1 fully saturated rings. The van der Waals surface area contributed by atoms with E-state index >= 15 is 0 Å². The minimum absolute atomic E-state index is 0.0285. The quantitative estimate of drug-likeness (QED) is 0.212. The highest BCUT2D eigenvalue weighted by Crippen LogP contribution is 2.34. The molecule has 0 saturated heterocycles. The average Bonchev–Trinajstić information content (AvgIpc) is 3.68. The van der Waals surface area contributed by atoms with Gasteiger partial charge in [0.1, 0.15) is 4.88 Å². The van der Waals surface area contributed by atoms with Crippen LogP contribution in [0.4, 0.5) is 10.8 Å². The summed E-state index contributed by atoms with van der Waals surface area (Å²) in [5.74, 6) is -0.419. The van der Waals surface area contributed by atoms with E-state index in [9.17, 15) is 14.4 Å². The molecule has 3 aromatic carbocycles. The van der Waals surface area contributed by atoms with E-state index in [1.807, 2.05) is 79.7 Å². The number of hydrogen-bond donors (Lipinski definition) is 4. The van der Waals surface area contributed by atoms with Gasteiger partial charge < -0.3 is 21.7 Å². The summed E-state index contributed by atoms with van der Waals surface area (Å²) in [6.07, 6.45) is 2.24. The van der Waals surface area contributed by atoms with Gasteiger partial charge in [0.25, 0.3) is 11.8 Å². The third-order valence-electron chi connectivity index (χ3n) is 6.61. The third-order valence-corrected chi connectivity index (χ3v) is 7.58. The number of aromatic nitrogens is 1. The molecule has 0 aliphatic heterocycles. The summed E-state index contributed by atoms with van der Waals surface area (Å²) in [7, 11) is 0. The Morgan fingerprint density at radius 3 is 2.48 bits per heavy atom. The van der Waals surface area contributed by atoms with Crippen molar-refractivity contribution in [1.82, 2.24) is 15.6 Å². The maximum absolute atomic E-state index is 13.4. The summed E-state index contributed by atoms with van der Waals surface area (Å²) < 4.78 is 0. The number of aryl methyl sites for hydroxylation is 1. The van der Waals surface area contributed by atoms with Gasteiger partial charge in [-0.1, -0.05) is 65.9 Å². The number of amides is 2. The van der Waals surface area contributed by atoms with Crippen LogP contribution in [-0.4, -0.2) is 35.2 Å². The second kappa shape index (κ2) is 12.2. The lowest BCUT2D eigenvalue weighted by molar-refractivity contribution is -0.117. The Labute approximate surface area is 237 Å². The van der Waals surface area contributed by atoms with Crippen LogP contribution in [0.5, 0.6) is 0 Å². The Balaban J connectivity index is 1.45. The summed E-state index contributed by atoms with van der Waals surface area (Å²) in [5.41, 5.74) is 10.8. The lowest BCUT2D eigenvalue weighted by Crippen LogP contribution is -2.25. The summed E-state index contributed by atoms with van der Waals surface area (Å²) in [4.78, 5) is 43.2. The predicted molar refractivity (Wildman–Crippen MR) is 158 cm³/mol. The molecule has 0 radical (unpaired) electrons. The zero-order valence-electron chi connectivity index (χ0n) is 22.2. The van der Waals surface area contributed by atoms with E-state index in [4.69, 9.17) is 10.7 Å². The number of Topliss-reactive ketones (excluding diaryl/α,β-unsaturated/α-hetero) is 1. The van der Waals surface area contributed by atoms with Crippen LogP contribution < -0.4 is 21.7 Å². The molecule has 2 amide bonds. The molecule has 1 aromatic heterocycles. The number of rotatable bonds is 11. The van der Waals surface area contributed by atoms with Crippen molar-refractivity contribution in [2.45, 2.75) is 38.8 Å². The monoisotopic (exact) mass is 553 g/mol. The molecule has 8 nitrogen and oxygen atoms in total. The zero-order chi connectivity index (χ0) is 28.1. The molecule has 0 bridgehead atoms. The first-order chi connectivity index (χ1) is 19.4. The van der Waals surface area contributed by atoms with Crippen LogP contribution in [0, 0.1) is 6.92 Å². The van der Waals surface area contributed by atoms with Gasteiger partial charge in [-0.3, -0.25) is 14.4 Å². The normalized spacial score (nSPS) is 12.6. The number of hydrogen-bond acceptors (Lipinski definition) is 7. The molecular weight excluding hydrogens is 522 g/mol. The first kappa shape index (κ1) is 27.2. The summed E-state index contributed by atoms with van der Waals surface area (Å²) in [6, 6.07) is 22.9. The second-order valence-corrected chi connectivity index (χ2v) is 10.9. The van der Waals surface area contributed by atoms with Gasteiger partial charge in [0, 0.05) is 35.8 Å². The van der Waals surface area contributed by atoms with E-state index in [-0.39, 0.29) is 36.6 Å². The average molecular weight is 554 g/mol. The number of nitrogens with two attached hydrogens (primary N) is 1. The third kappa shape index (κ3) is 6.80. The van der Waals surface area contributed by atoms with Gasteiger partial charge in [0.05, 0.1) is 12.2 Å². The maximum Gasteiger partial charge on any atom is 0.264 e. The predicted octanol–water partition coefficient (Wildman–Crippen LogP) is 4.75. The molecule has 1 heterocycles. The zero-order valence-corrected chi connectivity index (χ0v) is 23.0. The van der Waals surface area contributed by atoms with E-state index in [0.717, 1.165) is 40.8 Å². The summed E-state index contributed by atoms with van der Waals surface area (Å²) >= 11 is 1.24. The highest BCUT2D eigenvalue weighted by atomic mass is 32.1. The first-order valence-corrected chi connectivity index (χ1v) is 14.0. The molecule has 1 aliphatic rings. The van der Waals surface area contributed by atoms with Crippen molar-refractivity contribution < 1.29 is 14.4 Å². The highest BCUT2D eigenvalue weighted by molar-refractivity contribution is 7.18. The fourth-order valence-corrected chi connectivity index (χ4v) is 5.14. The van der Waals surface area contributed by atoms with E-state index in [0.29, 0.717) is 27.8 Å². The van der Waals surface area contributed by atoms with Gasteiger partial charge in [0.15, 0.2) is 10.9 Å². The smallest absolute Gasteiger partial charge is 0.264 e. The molecule has 5 rings (SSSR count). The molecular formula is C31H31N5O3S. The largest absolute Gasteiger partial charge is 0.349 e. The van der Waals surface area contributed by atoms with Gasteiger partial charge in [0.2, 0.25) is 0 Å². The minimum Gasteiger partial charge on any atom is -0.349 e. The fourth-order valence-electron chi connectivity index (χ4n) is 4.22. The van der Waals surface area contributed by atoms with Crippen LogP contribution in [0.2, 0.25) is 0 Å². The van der Waals surface area contributed by atoms with Gasteiger partial charge in [-0.15, -0.1) is 0 Å². The maximum atomic E-state index is 13.4. The number of nitrogens with one attached hydrogen (secondary N) is 3. The van der Waals surface area contributed by atoms with Crippen LogP contribution >= 0.6 is 11.3 Å². The van der Waals surface area contributed by atoms with Crippen molar-refractivity contribution in [1.29, 1.82) is 0 Å². The van der Waals surface area contributed by atoms with Crippen LogP contribution in [0.1, 0.15) is 49.6 Å². The molecule has 0 spiro atoms. The molecule has 5 N–H and O–H groups in total. The Hall–Kier alpha value is -4.34. The molecule has 1 aliphatic carbocycles. The van der Waals surface area contributed by atoms with Gasteiger partial charge in [-0.2, -0.15) is 0 Å². The number of carbonyl (C=O) groups is 3. The van der Waals surface area contributed by atoms with Crippen molar-refractivity contribution in [2.75, 3.05) is 11.9 Å². The number of carbonyl (C=O) groups excluding carboxylic acids is 3. The Morgan fingerprint density at radius 2 is 1.73 bits per heavy atom. The van der Waals surface area contributed by atoms with E-state index in [2.05, 4.69) is 16.0 Å². The van der Waals surface area contributed by atoms with Crippen molar-refractivity contribution in [3.63, 3.8) is 0 Å². The SMILES string of the molecule is Cc1ccc(C(=O)NC2CC2)cc1Nc1nc(-c2cccc(CC(=O)CN)c2)c(C(=O)NCc2ccccc2)s1. The Bertz CT molecular complexity index is 1550. The topological polar surface area (TPSA) is 126 Å². The molecule has 0 unspecified atom stereocenters. The Morgan fingerprint density at radius 1 is 0.950 bits per heavy atom. The molecule has 0 atom stereocenters. The van der Waals surface area contributed by atoms with Crippen LogP contribution in [-0.2, 0) is 17.8 Å². The van der Waals surface area contributed by atoms with Gasteiger partial charge in [-0.25, -0.2) is 4.98 Å². The fraction of sp³-hybridized carbons (Fsp3) is 0.226. The first-order valence-electron chi connectivity index (χ1n) is 13.2. The summed E-state index contributed by atoms with van der Waals surface area (Å²) in [5, 5.41) is 9.86. The number of ketones is 1. The minimum atomic E-state index is -0.248. The standard InChI is InChI=1S/C31H31N5O3S/c1-19-10-11-23(29(38)34-24-12-13-24)16-26(19)35-31-36-27(22-9-5-8-21(14-22)15-25(37)17-32)28(40-31)30(39)33-18-20-6-3-2-4-7-20/h2-11,14,16,24H,12-13,15,17-18,32H2,1H3,(H,33,39)(H,34,38)(H,35,36). The molecule has 40 heavy (non-hydrogen) atoms. The van der Waals surface area contributed by atoms with Crippen molar-refractivity contribution in [3.8, 4) is 11.3 Å². The van der Waals surface area contributed by atoms with Crippen molar-refractivity contribution in [3.05, 3.63) is 99.9 Å². The van der Waals surface area contributed by atoms with Crippen molar-refractivity contribution >= 4 is 39.8 Å². The second-order valence-electron chi connectivity index (χ2n) is 9.89. The van der Waals surface area contributed by atoms with E-state index in [1.165, 1.54) is 11.3 Å². The van der Waals surface area contributed by atoms with Crippen LogP contribution in [0.25, 0.3) is 11.3 Å². The van der Waals surface area contributed by atoms with E-state index < -0.39 is 0 Å². The number of benzene rings is 3. The number of nitrogens with zero attached hydrogens (tertiary/aromatic N) is 1. The molecule has 204 valence electrons. The Kier molecular flexibility index (Phi) is 8.33. The van der Waals surface area contributed by atoms with Gasteiger partial charge in [-0.05, 0) is 54.7 Å². The van der Waals surface area contributed by atoms with Crippen molar-refractivity contribution in [2.24, 2.45) is 5.73 Å². The van der Waals surface area contributed by atoms with Crippen LogP contribution in [0.3, 0.4) is 0 Å². The number of anilines is 2. The van der Waals surface area contributed by atoms with Crippen LogP contribution in [0.15, 0.2) is 72.8 Å². The molecule has 1 saturated carbocycles. The van der Waals surface area contributed by atoms with E-state index in [1.54, 1.807) is 0 Å². The van der Waals surface area contributed by atoms with Gasteiger partial charge >= 0.3 is 0 Å². The lowest BCUT2D eigenvalue weighted by atomic mass is 10.0. The highest BCUT2D eigenvalue weighted by Gasteiger charge is 2.24. The lowest BCUT2D eigenvalue weighted by Gasteiger charge is -2.10.